The molecule has 3 atom stereocenters. The molecule has 1 aliphatic heterocycles. The lowest BCUT2D eigenvalue weighted by Gasteiger charge is -2.36. The SMILES string of the molecule is COc1ccc(NC(=O)N[C@H]2CC[C@@H](CCn3cc(C4(O)CCCC4)nn3)O[C@H]2CO)cc1. The average molecular weight is 460 g/mol. The van der Waals surface area contributed by atoms with Crippen LogP contribution in [0.3, 0.4) is 0 Å². The molecule has 0 spiro atoms. The quantitative estimate of drug-likeness (QED) is 0.476. The number of benzene rings is 1. The summed E-state index contributed by atoms with van der Waals surface area (Å²) >= 11 is 0. The van der Waals surface area contributed by atoms with Gasteiger partial charge in [0.05, 0.1) is 32.1 Å². The molecule has 0 unspecified atom stereocenters. The molecule has 2 fully saturated rings. The van der Waals surface area contributed by atoms with Crippen molar-refractivity contribution in [1.29, 1.82) is 0 Å². The van der Waals surface area contributed by atoms with Gasteiger partial charge in [-0.1, -0.05) is 18.1 Å². The van der Waals surface area contributed by atoms with Crippen molar-refractivity contribution in [2.45, 2.75) is 75.3 Å². The number of ether oxygens (including phenoxy) is 2. The van der Waals surface area contributed by atoms with Gasteiger partial charge in [0.1, 0.15) is 23.1 Å². The summed E-state index contributed by atoms with van der Waals surface area (Å²) in [6.45, 7) is 0.437. The van der Waals surface area contributed by atoms with Crippen LogP contribution in [0.25, 0.3) is 0 Å². The molecule has 0 bridgehead atoms. The number of aliphatic hydroxyl groups is 2. The van der Waals surface area contributed by atoms with Gasteiger partial charge in [-0.05, 0) is 56.4 Å². The maximum atomic E-state index is 12.4. The summed E-state index contributed by atoms with van der Waals surface area (Å²) < 4.78 is 12.9. The number of hydrogen-bond acceptors (Lipinski definition) is 7. The molecule has 4 N–H and O–H groups in total. The van der Waals surface area contributed by atoms with E-state index < -0.39 is 11.7 Å². The maximum absolute atomic E-state index is 12.4. The van der Waals surface area contributed by atoms with Crippen molar-refractivity contribution in [2.24, 2.45) is 0 Å². The summed E-state index contributed by atoms with van der Waals surface area (Å²) in [5.41, 5.74) is 0.454. The van der Waals surface area contributed by atoms with Crippen molar-refractivity contribution in [3.63, 3.8) is 0 Å². The van der Waals surface area contributed by atoms with Gasteiger partial charge in [-0.25, -0.2) is 4.79 Å². The number of methoxy groups -OCH3 is 1. The molecular formula is C23H33N5O5. The summed E-state index contributed by atoms with van der Waals surface area (Å²) in [6.07, 6.45) is 6.96. The zero-order chi connectivity index (χ0) is 23.3. The molecule has 4 rings (SSSR count). The zero-order valence-corrected chi connectivity index (χ0v) is 18.9. The van der Waals surface area contributed by atoms with Crippen LogP contribution in [-0.4, -0.2) is 63.2 Å². The molecule has 1 aliphatic carbocycles. The molecule has 33 heavy (non-hydrogen) atoms. The summed E-state index contributed by atoms with van der Waals surface area (Å²) in [5, 5.41) is 34.5. The first kappa shape index (κ1) is 23.5. The van der Waals surface area contributed by atoms with Crippen LogP contribution in [0.4, 0.5) is 10.5 Å². The van der Waals surface area contributed by atoms with Gasteiger partial charge in [-0.2, -0.15) is 0 Å². The topological polar surface area (TPSA) is 131 Å². The predicted molar refractivity (Wildman–Crippen MR) is 121 cm³/mol. The van der Waals surface area contributed by atoms with Gasteiger partial charge >= 0.3 is 6.03 Å². The fourth-order valence-electron chi connectivity index (χ4n) is 4.63. The third kappa shape index (κ3) is 5.82. The second-order valence-corrected chi connectivity index (χ2v) is 8.88. The number of nitrogens with one attached hydrogen (secondary N) is 2. The van der Waals surface area contributed by atoms with Gasteiger partial charge < -0.3 is 30.3 Å². The first-order valence-electron chi connectivity index (χ1n) is 11.6. The van der Waals surface area contributed by atoms with Gasteiger partial charge in [-0.15, -0.1) is 5.10 Å². The van der Waals surface area contributed by atoms with Crippen LogP contribution in [-0.2, 0) is 16.9 Å². The molecule has 10 heteroatoms. The van der Waals surface area contributed by atoms with Crippen LogP contribution in [0.2, 0.25) is 0 Å². The van der Waals surface area contributed by atoms with E-state index in [2.05, 4.69) is 20.9 Å². The highest BCUT2D eigenvalue weighted by Crippen LogP contribution is 2.37. The Morgan fingerprint density at radius 3 is 2.73 bits per heavy atom. The molecule has 180 valence electrons. The van der Waals surface area contributed by atoms with Crippen LogP contribution >= 0.6 is 0 Å². The minimum Gasteiger partial charge on any atom is -0.497 e. The van der Waals surface area contributed by atoms with Gasteiger partial charge in [0, 0.05) is 12.2 Å². The number of rotatable bonds is 8. The summed E-state index contributed by atoms with van der Waals surface area (Å²) in [4.78, 5) is 12.4. The smallest absolute Gasteiger partial charge is 0.319 e. The van der Waals surface area contributed by atoms with Crippen molar-refractivity contribution in [2.75, 3.05) is 19.0 Å². The molecule has 1 saturated carbocycles. The van der Waals surface area contributed by atoms with Crippen LogP contribution in [0.15, 0.2) is 30.5 Å². The van der Waals surface area contributed by atoms with Crippen molar-refractivity contribution in [3.05, 3.63) is 36.2 Å². The predicted octanol–water partition coefficient (Wildman–Crippen LogP) is 2.17. The normalized spacial score (nSPS) is 24.4. The van der Waals surface area contributed by atoms with E-state index in [4.69, 9.17) is 9.47 Å². The first-order valence-corrected chi connectivity index (χ1v) is 11.6. The van der Waals surface area contributed by atoms with Crippen LogP contribution in [0.5, 0.6) is 5.75 Å². The highest BCUT2D eigenvalue weighted by atomic mass is 16.5. The summed E-state index contributed by atoms with van der Waals surface area (Å²) in [7, 11) is 1.59. The molecule has 2 heterocycles. The number of anilines is 1. The lowest BCUT2D eigenvalue weighted by Crippen LogP contribution is -2.52. The lowest BCUT2D eigenvalue weighted by atomic mass is 9.97. The molecule has 1 aromatic carbocycles. The molecule has 10 nitrogen and oxygen atoms in total. The van der Waals surface area contributed by atoms with Crippen LogP contribution < -0.4 is 15.4 Å². The fourth-order valence-corrected chi connectivity index (χ4v) is 4.63. The highest BCUT2D eigenvalue weighted by molar-refractivity contribution is 5.89. The van der Waals surface area contributed by atoms with Crippen molar-refractivity contribution in [3.8, 4) is 5.75 Å². The molecule has 2 amide bonds. The Balaban J connectivity index is 1.24. The van der Waals surface area contributed by atoms with Gasteiger partial charge in [0.25, 0.3) is 0 Å². The largest absolute Gasteiger partial charge is 0.497 e. The summed E-state index contributed by atoms with van der Waals surface area (Å²) in [5.74, 6) is 0.713. The van der Waals surface area contributed by atoms with Crippen molar-refractivity contribution < 1.29 is 24.5 Å². The van der Waals surface area contributed by atoms with Gasteiger partial charge in [0.15, 0.2) is 0 Å². The second-order valence-electron chi connectivity index (χ2n) is 8.88. The molecule has 2 aromatic rings. The highest BCUT2D eigenvalue weighted by Gasteiger charge is 2.36. The Hall–Kier alpha value is -2.69. The van der Waals surface area contributed by atoms with Gasteiger partial charge in [-0.3, -0.25) is 4.68 Å². The fraction of sp³-hybridized carbons (Fsp3) is 0.609. The van der Waals surface area contributed by atoms with Crippen molar-refractivity contribution >= 4 is 11.7 Å². The Morgan fingerprint density at radius 2 is 2.03 bits per heavy atom. The monoisotopic (exact) mass is 459 g/mol. The number of nitrogens with zero attached hydrogens (tertiary/aromatic N) is 3. The number of aryl methyl sites for hydroxylation is 1. The number of amides is 2. The molecule has 2 aliphatic rings. The van der Waals surface area contributed by atoms with E-state index in [9.17, 15) is 15.0 Å². The van der Waals surface area contributed by atoms with E-state index in [1.165, 1.54) is 0 Å². The van der Waals surface area contributed by atoms with Crippen molar-refractivity contribution in [1.82, 2.24) is 20.3 Å². The average Bonchev–Trinajstić information content (AvgIpc) is 3.49. The molecule has 1 saturated heterocycles. The number of aromatic nitrogens is 3. The van der Waals surface area contributed by atoms with E-state index in [1.54, 1.807) is 36.1 Å². The standard InChI is InChI=1S/C23H33N5O5/c1-32-17-6-4-16(5-7-17)24-22(30)25-19-9-8-18(33-20(19)15-29)10-13-28-14-21(26-27-28)23(31)11-2-3-12-23/h4-7,14,18-20,29,31H,2-3,8-13,15H2,1H3,(H2,24,25,30)/t18-,19-,20-/m0/s1. The van der Waals surface area contributed by atoms with E-state index in [0.717, 1.165) is 32.1 Å². The minimum atomic E-state index is -0.840. The molecule has 1 aromatic heterocycles. The Labute approximate surface area is 193 Å². The summed E-state index contributed by atoms with van der Waals surface area (Å²) in [6, 6.07) is 6.44. The third-order valence-electron chi connectivity index (χ3n) is 6.59. The Morgan fingerprint density at radius 1 is 1.27 bits per heavy atom. The number of aliphatic hydroxyl groups excluding tert-OH is 1. The van der Waals surface area contributed by atoms with E-state index in [-0.39, 0.29) is 24.8 Å². The van der Waals surface area contributed by atoms with E-state index >= 15 is 0 Å². The molecule has 0 radical (unpaired) electrons. The van der Waals surface area contributed by atoms with E-state index in [1.807, 2.05) is 6.20 Å². The number of urea groups is 1. The van der Waals surface area contributed by atoms with Crippen LogP contribution in [0, 0.1) is 0 Å². The molecular weight excluding hydrogens is 426 g/mol. The number of carbonyl (C=O) groups is 1. The first-order chi connectivity index (χ1) is 16.0. The lowest BCUT2D eigenvalue weighted by molar-refractivity contribution is -0.0905. The Kier molecular flexibility index (Phi) is 7.46. The maximum Gasteiger partial charge on any atom is 0.319 e. The number of carbonyl (C=O) groups excluding carboxylic acids is 1. The third-order valence-corrected chi connectivity index (χ3v) is 6.59. The van der Waals surface area contributed by atoms with E-state index in [0.29, 0.717) is 36.5 Å². The second kappa shape index (κ2) is 10.5. The Bertz CT molecular complexity index is 912. The minimum absolute atomic E-state index is 0.0490. The van der Waals surface area contributed by atoms with Gasteiger partial charge in [0.2, 0.25) is 0 Å². The zero-order valence-electron chi connectivity index (χ0n) is 18.9. The number of hydrogen-bond donors (Lipinski definition) is 4. The van der Waals surface area contributed by atoms with Crippen LogP contribution in [0.1, 0.15) is 50.6 Å².